The van der Waals surface area contributed by atoms with Crippen molar-refractivity contribution >= 4 is 27.8 Å². The lowest BCUT2D eigenvalue weighted by atomic mass is 9.48. The van der Waals surface area contributed by atoms with Crippen molar-refractivity contribution in [2.45, 2.75) is 49.4 Å². The van der Waals surface area contributed by atoms with E-state index in [1.54, 1.807) is 5.56 Å². The van der Waals surface area contributed by atoms with Crippen LogP contribution in [-0.2, 0) is 10.8 Å². The number of fused-ring (bicyclic) bond motifs is 4. The first kappa shape index (κ1) is 37.6. The van der Waals surface area contributed by atoms with Gasteiger partial charge < -0.3 is 4.90 Å². The molecule has 5 aliphatic rings. The van der Waals surface area contributed by atoms with Gasteiger partial charge in [0, 0.05) is 17.1 Å². The lowest BCUT2D eigenvalue weighted by molar-refractivity contribution is -0.00518. The van der Waals surface area contributed by atoms with Gasteiger partial charge in [0.15, 0.2) is 0 Å². The lowest BCUT2D eigenvalue weighted by Gasteiger charge is -2.57. The molecule has 0 heterocycles. The van der Waals surface area contributed by atoms with Gasteiger partial charge in [-0.3, -0.25) is 0 Å². The molecular formula is C63H51N. The smallest absolute Gasteiger partial charge is 0.0713 e. The monoisotopic (exact) mass is 821 g/mol. The molecule has 4 fully saturated rings. The molecule has 9 aromatic rings. The Kier molecular flexibility index (Phi) is 8.70. The average molecular weight is 822 g/mol. The van der Waals surface area contributed by atoms with Gasteiger partial charge in [0.05, 0.1) is 5.41 Å². The van der Waals surface area contributed by atoms with Crippen molar-refractivity contribution < 1.29 is 0 Å². The second-order valence-corrected chi connectivity index (χ2v) is 19.5. The van der Waals surface area contributed by atoms with Crippen LogP contribution in [0.1, 0.15) is 66.3 Å². The Morgan fingerprint density at radius 1 is 0.344 bits per heavy atom. The molecule has 5 aliphatic carbocycles. The quantitative estimate of drug-likeness (QED) is 0.148. The molecule has 0 spiro atoms. The van der Waals surface area contributed by atoms with E-state index in [-0.39, 0.29) is 0 Å². The fraction of sp³-hybridized carbons (Fsp3) is 0.175. The topological polar surface area (TPSA) is 3.24 Å². The standard InChI is InChI=1S/C63H51N/c1-4-15-46(16-5-1)55-26-13-17-47-18-14-27-56(61(47)55)48-19-12-24-53(38-48)64(52-31-29-49(30-32-52)62-40-43-35-44(41-62)37-45(36-43)42-62)54-33-34-60-58(39-54)57-25-10-11-28-59(57)63(60,50-20-6-2-7-21-50)51-22-8-3-9-23-51/h1-34,38-39,43-45H,35-37,40-42H2. The number of benzene rings is 9. The van der Waals surface area contributed by atoms with Crippen molar-refractivity contribution in [3.8, 4) is 33.4 Å². The van der Waals surface area contributed by atoms with Crippen LogP contribution in [0.15, 0.2) is 218 Å². The fourth-order valence-electron chi connectivity index (χ4n) is 13.7. The molecule has 64 heavy (non-hydrogen) atoms. The molecule has 0 aromatic heterocycles. The van der Waals surface area contributed by atoms with E-state index >= 15 is 0 Å². The van der Waals surface area contributed by atoms with Crippen molar-refractivity contribution in [2.24, 2.45) is 17.8 Å². The third kappa shape index (κ3) is 5.83. The summed E-state index contributed by atoms with van der Waals surface area (Å²) in [5.41, 5.74) is 17.7. The fourth-order valence-corrected chi connectivity index (χ4v) is 13.7. The van der Waals surface area contributed by atoms with Gasteiger partial charge in [-0.15, -0.1) is 0 Å². The molecule has 0 radical (unpaired) electrons. The highest BCUT2D eigenvalue weighted by molar-refractivity contribution is 6.06. The van der Waals surface area contributed by atoms with Crippen molar-refractivity contribution in [3.63, 3.8) is 0 Å². The third-order valence-corrected chi connectivity index (χ3v) is 15.9. The Hall–Kier alpha value is -6.96. The number of nitrogens with zero attached hydrogens (tertiary/aromatic N) is 1. The van der Waals surface area contributed by atoms with Crippen molar-refractivity contribution in [1.82, 2.24) is 0 Å². The zero-order valence-corrected chi connectivity index (χ0v) is 36.2. The van der Waals surface area contributed by atoms with E-state index in [9.17, 15) is 0 Å². The predicted molar refractivity (Wildman–Crippen MR) is 267 cm³/mol. The van der Waals surface area contributed by atoms with E-state index in [2.05, 4.69) is 223 Å². The maximum Gasteiger partial charge on any atom is 0.0713 e. The minimum Gasteiger partial charge on any atom is -0.310 e. The minimum absolute atomic E-state index is 0.346. The predicted octanol–water partition coefficient (Wildman–Crippen LogP) is 16.5. The molecule has 1 heteroatoms. The third-order valence-electron chi connectivity index (χ3n) is 15.9. The molecule has 4 saturated carbocycles. The molecule has 1 nitrogen and oxygen atoms in total. The molecule has 0 atom stereocenters. The first-order chi connectivity index (χ1) is 31.6. The van der Waals surface area contributed by atoms with Crippen molar-refractivity contribution in [2.75, 3.05) is 4.90 Å². The van der Waals surface area contributed by atoms with E-state index < -0.39 is 5.41 Å². The summed E-state index contributed by atoms with van der Waals surface area (Å²) < 4.78 is 0. The number of anilines is 3. The highest BCUT2D eigenvalue weighted by atomic mass is 15.1. The maximum absolute atomic E-state index is 2.52. The van der Waals surface area contributed by atoms with Crippen LogP contribution >= 0.6 is 0 Å². The van der Waals surface area contributed by atoms with Crippen LogP contribution in [-0.4, -0.2) is 0 Å². The van der Waals surface area contributed by atoms with Crippen LogP contribution in [0.25, 0.3) is 44.2 Å². The Morgan fingerprint density at radius 2 is 0.844 bits per heavy atom. The molecule has 0 saturated heterocycles. The number of hydrogen-bond acceptors (Lipinski definition) is 1. The molecule has 308 valence electrons. The van der Waals surface area contributed by atoms with Crippen molar-refractivity contribution in [3.05, 3.63) is 246 Å². The SMILES string of the molecule is c1ccc(-c2cccc3cccc(-c4cccc(N(c5ccc(C67CC8CC(CC(C8)C6)C7)cc5)c5ccc6c(c5)-c5ccccc5C6(c5ccccc5)c5ccccc5)c4)c23)cc1. The molecule has 0 amide bonds. The summed E-state index contributed by atoms with van der Waals surface area (Å²) in [6.45, 7) is 0. The normalized spacial score (nSPS) is 21.1. The molecule has 0 N–H and O–H groups in total. The van der Waals surface area contributed by atoms with Crippen LogP contribution in [0.3, 0.4) is 0 Å². The molecule has 4 bridgehead atoms. The minimum atomic E-state index is -0.442. The highest BCUT2D eigenvalue weighted by Gasteiger charge is 2.51. The molecular weight excluding hydrogens is 771 g/mol. The van der Waals surface area contributed by atoms with E-state index in [1.165, 1.54) is 111 Å². The van der Waals surface area contributed by atoms with Gasteiger partial charge >= 0.3 is 0 Å². The zero-order chi connectivity index (χ0) is 42.2. The second-order valence-electron chi connectivity index (χ2n) is 19.5. The molecule has 0 aliphatic heterocycles. The van der Waals surface area contributed by atoms with E-state index in [0.717, 1.165) is 29.1 Å². The van der Waals surface area contributed by atoms with E-state index in [1.807, 2.05) is 0 Å². The lowest BCUT2D eigenvalue weighted by Crippen LogP contribution is -2.48. The molecule has 14 rings (SSSR count). The summed E-state index contributed by atoms with van der Waals surface area (Å²) >= 11 is 0. The first-order valence-electron chi connectivity index (χ1n) is 23.6. The van der Waals surface area contributed by atoms with Crippen LogP contribution < -0.4 is 4.90 Å². The zero-order valence-electron chi connectivity index (χ0n) is 36.2. The van der Waals surface area contributed by atoms with Crippen LogP contribution in [0.4, 0.5) is 17.1 Å². The number of rotatable bonds is 8. The summed E-state index contributed by atoms with van der Waals surface area (Å²) in [7, 11) is 0. The van der Waals surface area contributed by atoms with Gasteiger partial charge in [-0.2, -0.15) is 0 Å². The van der Waals surface area contributed by atoms with Crippen molar-refractivity contribution in [1.29, 1.82) is 0 Å². The van der Waals surface area contributed by atoms with Gasteiger partial charge in [0.1, 0.15) is 0 Å². The summed E-state index contributed by atoms with van der Waals surface area (Å²) in [6.07, 6.45) is 8.49. The van der Waals surface area contributed by atoms with E-state index in [4.69, 9.17) is 0 Å². The van der Waals surface area contributed by atoms with Crippen LogP contribution in [0.5, 0.6) is 0 Å². The summed E-state index contributed by atoms with van der Waals surface area (Å²) in [4.78, 5) is 2.52. The van der Waals surface area contributed by atoms with Gasteiger partial charge in [-0.05, 0) is 170 Å². The van der Waals surface area contributed by atoms with Crippen LogP contribution in [0.2, 0.25) is 0 Å². The maximum atomic E-state index is 2.52. The summed E-state index contributed by atoms with van der Waals surface area (Å²) in [5, 5.41) is 2.53. The second kappa shape index (κ2) is 14.8. The van der Waals surface area contributed by atoms with Gasteiger partial charge in [0.25, 0.3) is 0 Å². The van der Waals surface area contributed by atoms with Gasteiger partial charge in [0.2, 0.25) is 0 Å². The van der Waals surface area contributed by atoms with Crippen LogP contribution in [0, 0.1) is 17.8 Å². The first-order valence-corrected chi connectivity index (χ1v) is 23.6. The Labute approximate surface area is 377 Å². The van der Waals surface area contributed by atoms with E-state index in [0.29, 0.717) is 5.41 Å². The average Bonchev–Trinajstić information content (AvgIpc) is 3.65. The Morgan fingerprint density at radius 3 is 1.50 bits per heavy atom. The molecule has 0 unspecified atom stereocenters. The molecule has 9 aromatic carbocycles. The van der Waals surface area contributed by atoms with Gasteiger partial charge in [-0.25, -0.2) is 0 Å². The largest absolute Gasteiger partial charge is 0.310 e. The summed E-state index contributed by atoms with van der Waals surface area (Å²) in [5.74, 6) is 2.74. The van der Waals surface area contributed by atoms with Gasteiger partial charge in [-0.1, -0.05) is 182 Å². The highest BCUT2D eigenvalue weighted by Crippen LogP contribution is 2.61. The summed E-state index contributed by atoms with van der Waals surface area (Å²) in [6, 6.07) is 82.2. The Balaban J connectivity index is 0.997. The Bertz CT molecular complexity index is 3100. The number of hydrogen-bond donors (Lipinski definition) is 0.